The van der Waals surface area contributed by atoms with E-state index in [4.69, 9.17) is 0 Å². The summed E-state index contributed by atoms with van der Waals surface area (Å²) in [5.74, 6) is 0.0923. The monoisotopic (exact) mass is 233 g/mol. The highest BCUT2D eigenvalue weighted by Gasteiger charge is 2.25. The zero-order valence-corrected chi connectivity index (χ0v) is 10.4. The molecule has 92 valence electrons. The van der Waals surface area contributed by atoms with Crippen molar-refractivity contribution < 1.29 is 4.79 Å². The highest BCUT2D eigenvalue weighted by molar-refractivity contribution is 5.99. The lowest BCUT2D eigenvalue weighted by atomic mass is 10.0. The summed E-state index contributed by atoms with van der Waals surface area (Å²) < 4.78 is 0. The number of hydrogen-bond donors (Lipinski definition) is 1. The summed E-state index contributed by atoms with van der Waals surface area (Å²) in [6.45, 7) is 2.98. The van der Waals surface area contributed by atoms with Crippen LogP contribution >= 0.6 is 0 Å². The van der Waals surface area contributed by atoms with E-state index in [1.165, 1.54) is 6.42 Å². The second kappa shape index (κ2) is 5.17. The average molecular weight is 233 g/mol. The minimum Gasteiger partial charge on any atom is -0.387 e. The van der Waals surface area contributed by atoms with Gasteiger partial charge in [-0.05, 0) is 32.3 Å². The highest BCUT2D eigenvalue weighted by atomic mass is 16.2. The Balaban J connectivity index is 2.23. The fourth-order valence-electron chi connectivity index (χ4n) is 2.34. The molecule has 0 aliphatic carbocycles. The summed E-state index contributed by atoms with van der Waals surface area (Å²) in [5, 5.41) is 3.04. The Kier molecular flexibility index (Phi) is 3.61. The number of anilines is 1. The van der Waals surface area contributed by atoms with Gasteiger partial charge < -0.3 is 10.2 Å². The maximum atomic E-state index is 12.4. The summed E-state index contributed by atoms with van der Waals surface area (Å²) in [6, 6.07) is 2.17. The van der Waals surface area contributed by atoms with Crippen LogP contribution in [0.5, 0.6) is 0 Å². The van der Waals surface area contributed by atoms with E-state index in [1.54, 1.807) is 12.4 Å². The molecule has 1 fully saturated rings. The van der Waals surface area contributed by atoms with Crippen molar-refractivity contribution in [3.05, 3.63) is 24.0 Å². The number of nitrogens with one attached hydrogen (secondary N) is 1. The number of nitrogens with zero attached hydrogens (tertiary/aromatic N) is 2. The number of amides is 1. The Morgan fingerprint density at radius 2 is 2.35 bits per heavy atom. The van der Waals surface area contributed by atoms with Gasteiger partial charge in [-0.3, -0.25) is 9.78 Å². The fraction of sp³-hybridized carbons (Fsp3) is 0.538. The molecule has 1 amide bonds. The molecule has 0 spiro atoms. The molecule has 1 atom stereocenters. The molecule has 1 saturated heterocycles. The van der Waals surface area contributed by atoms with E-state index < -0.39 is 0 Å². The molecule has 0 aromatic carbocycles. The van der Waals surface area contributed by atoms with Gasteiger partial charge in [0.05, 0.1) is 5.56 Å². The average Bonchev–Trinajstić information content (AvgIpc) is 2.38. The van der Waals surface area contributed by atoms with E-state index >= 15 is 0 Å². The maximum absolute atomic E-state index is 12.4. The lowest BCUT2D eigenvalue weighted by molar-refractivity contribution is 0.0636. The van der Waals surface area contributed by atoms with Crippen LogP contribution in [0, 0.1) is 0 Å². The summed E-state index contributed by atoms with van der Waals surface area (Å²) in [4.78, 5) is 18.4. The van der Waals surface area contributed by atoms with Gasteiger partial charge in [-0.1, -0.05) is 0 Å². The molecular weight excluding hydrogens is 214 g/mol. The first-order valence-corrected chi connectivity index (χ1v) is 6.16. The number of carbonyl (C=O) groups excluding carboxylic acids is 1. The van der Waals surface area contributed by atoms with Gasteiger partial charge in [0.1, 0.15) is 0 Å². The van der Waals surface area contributed by atoms with Gasteiger partial charge in [0.2, 0.25) is 0 Å². The van der Waals surface area contributed by atoms with Crippen LogP contribution in [0.3, 0.4) is 0 Å². The third-order valence-electron chi connectivity index (χ3n) is 3.38. The largest absolute Gasteiger partial charge is 0.387 e. The van der Waals surface area contributed by atoms with Crippen molar-refractivity contribution in [3.8, 4) is 0 Å². The fourth-order valence-corrected chi connectivity index (χ4v) is 2.34. The van der Waals surface area contributed by atoms with Gasteiger partial charge in [-0.2, -0.15) is 0 Å². The zero-order valence-electron chi connectivity index (χ0n) is 10.4. The minimum atomic E-state index is 0.0923. The third-order valence-corrected chi connectivity index (χ3v) is 3.38. The van der Waals surface area contributed by atoms with Crippen molar-refractivity contribution in [3.63, 3.8) is 0 Å². The van der Waals surface area contributed by atoms with E-state index in [0.29, 0.717) is 11.6 Å². The van der Waals surface area contributed by atoms with E-state index in [-0.39, 0.29) is 5.91 Å². The Morgan fingerprint density at radius 1 is 1.53 bits per heavy atom. The molecule has 1 aliphatic heterocycles. The number of pyridine rings is 1. The highest BCUT2D eigenvalue weighted by Crippen LogP contribution is 2.22. The van der Waals surface area contributed by atoms with Crippen molar-refractivity contribution in [2.45, 2.75) is 32.2 Å². The van der Waals surface area contributed by atoms with Crippen molar-refractivity contribution in [1.82, 2.24) is 9.88 Å². The molecule has 1 aromatic rings. The van der Waals surface area contributed by atoms with Gasteiger partial charge in [-0.15, -0.1) is 0 Å². The van der Waals surface area contributed by atoms with Crippen molar-refractivity contribution in [1.29, 1.82) is 0 Å². The summed E-state index contributed by atoms with van der Waals surface area (Å²) in [7, 11) is 1.83. The number of carbonyl (C=O) groups is 1. The Morgan fingerprint density at radius 3 is 3.06 bits per heavy atom. The summed E-state index contributed by atoms with van der Waals surface area (Å²) in [6.07, 6.45) is 6.76. The lowest BCUT2D eigenvalue weighted by Crippen LogP contribution is -2.42. The quantitative estimate of drug-likeness (QED) is 0.851. The molecule has 2 heterocycles. The van der Waals surface area contributed by atoms with Crippen LogP contribution in [0.4, 0.5) is 5.69 Å². The van der Waals surface area contributed by atoms with E-state index in [0.717, 1.165) is 25.1 Å². The van der Waals surface area contributed by atoms with Gasteiger partial charge >= 0.3 is 0 Å². The molecule has 0 radical (unpaired) electrons. The van der Waals surface area contributed by atoms with Gasteiger partial charge in [-0.25, -0.2) is 0 Å². The SMILES string of the molecule is CNc1ccncc1C(=O)N1CCCCC1C. The Bertz CT molecular complexity index is 405. The second-order valence-corrected chi connectivity index (χ2v) is 4.51. The predicted octanol–water partition coefficient (Wildman–Crippen LogP) is 2.14. The number of hydrogen-bond acceptors (Lipinski definition) is 3. The normalized spacial score (nSPS) is 20.1. The zero-order chi connectivity index (χ0) is 12.3. The number of likely N-dealkylation sites (tertiary alicyclic amines) is 1. The first-order chi connectivity index (χ1) is 8.24. The molecule has 1 unspecified atom stereocenters. The van der Waals surface area contributed by atoms with Crippen molar-refractivity contribution >= 4 is 11.6 Å². The topological polar surface area (TPSA) is 45.2 Å². The number of rotatable bonds is 2. The first-order valence-electron chi connectivity index (χ1n) is 6.16. The van der Waals surface area contributed by atoms with Gasteiger partial charge in [0.25, 0.3) is 5.91 Å². The molecule has 1 aliphatic rings. The van der Waals surface area contributed by atoms with Crippen LogP contribution in [0.25, 0.3) is 0 Å². The standard InChI is InChI=1S/C13H19N3O/c1-10-5-3-4-8-16(10)13(17)11-9-15-7-6-12(11)14-2/h6-7,9-10H,3-5,8H2,1-2H3,(H,14,15). The van der Waals surface area contributed by atoms with Crippen LogP contribution in [0.2, 0.25) is 0 Å². The van der Waals surface area contributed by atoms with Crippen LogP contribution < -0.4 is 5.32 Å². The van der Waals surface area contributed by atoms with Crippen molar-refractivity contribution in [2.24, 2.45) is 0 Å². The Labute approximate surface area is 102 Å². The molecule has 1 N–H and O–H groups in total. The van der Waals surface area contributed by atoms with E-state index in [1.807, 2.05) is 18.0 Å². The number of piperidine rings is 1. The summed E-state index contributed by atoms with van der Waals surface area (Å²) >= 11 is 0. The van der Waals surface area contributed by atoms with Crippen molar-refractivity contribution in [2.75, 3.05) is 18.9 Å². The second-order valence-electron chi connectivity index (χ2n) is 4.51. The molecular formula is C13H19N3O. The van der Waals surface area contributed by atoms with Gasteiger partial charge in [0, 0.05) is 37.7 Å². The van der Waals surface area contributed by atoms with Crippen LogP contribution in [-0.2, 0) is 0 Å². The van der Waals surface area contributed by atoms with Crippen LogP contribution in [0.15, 0.2) is 18.5 Å². The molecule has 4 nitrogen and oxygen atoms in total. The molecule has 2 rings (SSSR count). The molecule has 0 saturated carbocycles. The third kappa shape index (κ3) is 2.40. The molecule has 1 aromatic heterocycles. The number of aromatic nitrogens is 1. The van der Waals surface area contributed by atoms with Crippen LogP contribution in [-0.4, -0.2) is 35.4 Å². The predicted molar refractivity (Wildman–Crippen MR) is 68.1 cm³/mol. The lowest BCUT2D eigenvalue weighted by Gasteiger charge is -2.33. The molecule has 4 heteroatoms. The summed E-state index contributed by atoms with van der Waals surface area (Å²) in [5.41, 5.74) is 1.52. The molecule has 0 bridgehead atoms. The first kappa shape index (κ1) is 11.9. The smallest absolute Gasteiger partial charge is 0.257 e. The maximum Gasteiger partial charge on any atom is 0.257 e. The Hall–Kier alpha value is -1.58. The van der Waals surface area contributed by atoms with E-state index in [2.05, 4.69) is 17.2 Å². The molecule has 17 heavy (non-hydrogen) atoms. The van der Waals surface area contributed by atoms with Crippen LogP contribution in [0.1, 0.15) is 36.5 Å². The minimum absolute atomic E-state index is 0.0923. The van der Waals surface area contributed by atoms with Gasteiger partial charge in [0.15, 0.2) is 0 Å². The van der Waals surface area contributed by atoms with E-state index in [9.17, 15) is 4.79 Å².